The molecular weight excluding hydrogens is 216 g/mol. The van der Waals surface area contributed by atoms with Crippen molar-refractivity contribution in [3.63, 3.8) is 0 Å². The highest BCUT2D eigenvalue weighted by molar-refractivity contribution is 7.09. The molecule has 1 saturated heterocycles. The average Bonchev–Trinajstić information content (AvgIpc) is 2.71. The number of halogens is 1. The van der Waals surface area contributed by atoms with E-state index < -0.39 is 0 Å². The van der Waals surface area contributed by atoms with E-state index in [2.05, 4.69) is 9.88 Å². The maximum absolute atomic E-state index is 5.89. The minimum atomic E-state index is 0.686. The topological polar surface area (TPSA) is 16.1 Å². The number of piperidine rings is 1. The van der Waals surface area contributed by atoms with E-state index in [9.17, 15) is 0 Å². The van der Waals surface area contributed by atoms with Crippen molar-refractivity contribution in [2.45, 2.75) is 19.4 Å². The van der Waals surface area contributed by atoms with Gasteiger partial charge in [0, 0.05) is 24.0 Å². The predicted molar refractivity (Wildman–Crippen MR) is 60.8 cm³/mol. The molecule has 2 nitrogen and oxygen atoms in total. The zero-order chi connectivity index (χ0) is 9.80. The molecule has 0 bridgehead atoms. The standard InChI is InChI=1S/C10H15ClN2S/c11-6-9-2-1-4-13(7-9)8-10-12-3-5-14-10/h3,5,9H,1-2,4,6-8H2. The highest BCUT2D eigenvalue weighted by atomic mass is 35.5. The van der Waals surface area contributed by atoms with Gasteiger partial charge in [-0.15, -0.1) is 22.9 Å². The Morgan fingerprint density at radius 1 is 1.64 bits per heavy atom. The summed E-state index contributed by atoms with van der Waals surface area (Å²) in [6, 6.07) is 0. The number of alkyl halides is 1. The predicted octanol–water partition coefficient (Wildman–Crippen LogP) is 2.59. The molecule has 0 aromatic carbocycles. The summed E-state index contributed by atoms with van der Waals surface area (Å²) in [6.07, 6.45) is 4.45. The van der Waals surface area contributed by atoms with E-state index in [1.807, 2.05) is 11.6 Å². The van der Waals surface area contributed by atoms with E-state index in [1.165, 1.54) is 24.4 Å². The first-order valence-corrected chi connectivity index (χ1v) is 6.46. The van der Waals surface area contributed by atoms with Crippen LogP contribution in [0.1, 0.15) is 17.8 Å². The Kier molecular flexibility index (Phi) is 3.79. The van der Waals surface area contributed by atoms with Crippen LogP contribution in [0.25, 0.3) is 0 Å². The molecule has 14 heavy (non-hydrogen) atoms. The monoisotopic (exact) mass is 230 g/mol. The highest BCUT2D eigenvalue weighted by Crippen LogP contribution is 2.19. The number of rotatable bonds is 3. The van der Waals surface area contributed by atoms with Crippen molar-refractivity contribution in [3.8, 4) is 0 Å². The van der Waals surface area contributed by atoms with Crippen LogP contribution >= 0.6 is 22.9 Å². The Hall–Kier alpha value is -0.120. The minimum absolute atomic E-state index is 0.686. The van der Waals surface area contributed by atoms with Crippen molar-refractivity contribution < 1.29 is 0 Å². The summed E-state index contributed by atoms with van der Waals surface area (Å²) in [5.74, 6) is 1.49. The van der Waals surface area contributed by atoms with E-state index >= 15 is 0 Å². The van der Waals surface area contributed by atoms with Crippen LogP contribution in [0.15, 0.2) is 11.6 Å². The second kappa shape index (κ2) is 5.10. The van der Waals surface area contributed by atoms with E-state index in [0.29, 0.717) is 5.92 Å². The molecule has 1 fully saturated rings. The first-order chi connectivity index (χ1) is 6.88. The minimum Gasteiger partial charge on any atom is -0.296 e. The molecule has 2 heterocycles. The summed E-state index contributed by atoms with van der Waals surface area (Å²) in [5.41, 5.74) is 0. The second-order valence-corrected chi connectivity index (χ2v) is 5.11. The zero-order valence-electron chi connectivity index (χ0n) is 8.16. The van der Waals surface area contributed by atoms with E-state index in [-0.39, 0.29) is 0 Å². The lowest BCUT2D eigenvalue weighted by molar-refractivity contribution is 0.178. The lowest BCUT2D eigenvalue weighted by Gasteiger charge is -2.30. The summed E-state index contributed by atoms with van der Waals surface area (Å²) in [4.78, 5) is 6.77. The van der Waals surface area contributed by atoms with Gasteiger partial charge in [-0.1, -0.05) is 0 Å². The first kappa shape index (κ1) is 10.4. The maximum atomic E-state index is 5.89. The Bertz CT molecular complexity index is 263. The molecule has 0 aliphatic carbocycles. The molecule has 0 spiro atoms. The lowest BCUT2D eigenvalue weighted by Crippen LogP contribution is -2.35. The summed E-state index contributed by atoms with van der Waals surface area (Å²) in [5, 5.41) is 3.26. The van der Waals surface area contributed by atoms with Crippen LogP contribution in [0.3, 0.4) is 0 Å². The quantitative estimate of drug-likeness (QED) is 0.743. The smallest absolute Gasteiger partial charge is 0.107 e. The molecule has 0 saturated carbocycles. The third-order valence-corrected chi connectivity index (χ3v) is 3.86. The van der Waals surface area contributed by atoms with Crippen LogP contribution < -0.4 is 0 Å². The SMILES string of the molecule is ClCC1CCCN(Cc2nccs2)C1. The van der Waals surface area contributed by atoms with Crippen molar-refractivity contribution in [1.82, 2.24) is 9.88 Å². The molecule has 1 aliphatic rings. The summed E-state index contributed by atoms with van der Waals surface area (Å²) >= 11 is 7.63. The third kappa shape index (κ3) is 2.69. The van der Waals surface area contributed by atoms with Crippen LogP contribution in [0.5, 0.6) is 0 Å². The fourth-order valence-corrected chi connectivity index (χ4v) is 2.85. The Morgan fingerprint density at radius 3 is 3.29 bits per heavy atom. The molecule has 1 atom stereocenters. The number of thiazole rings is 1. The fourth-order valence-electron chi connectivity index (χ4n) is 1.94. The molecule has 1 aromatic heterocycles. The normalized spacial score (nSPS) is 23.9. The number of likely N-dealkylation sites (tertiary alicyclic amines) is 1. The van der Waals surface area contributed by atoms with Crippen LogP contribution in [0.4, 0.5) is 0 Å². The zero-order valence-corrected chi connectivity index (χ0v) is 9.73. The van der Waals surface area contributed by atoms with Gasteiger partial charge in [-0.25, -0.2) is 4.98 Å². The number of hydrogen-bond donors (Lipinski definition) is 0. The number of nitrogens with zero attached hydrogens (tertiary/aromatic N) is 2. The van der Waals surface area contributed by atoms with Crippen LogP contribution in [-0.2, 0) is 6.54 Å². The molecule has 1 aliphatic heterocycles. The Balaban J connectivity index is 1.86. The summed E-state index contributed by atoms with van der Waals surface area (Å²) in [6.45, 7) is 3.35. The lowest BCUT2D eigenvalue weighted by atomic mass is 10.0. The van der Waals surface area contributed by atoms with Gasteiger partial charge in [0.1, 0.15) is 5.01 Å². The summed E-state index contributed by atoms with van der Waals surface area (Å²) < 4.78 is 0. The molecule has 78 valence electrons. The van der Waals surface area contributed by atoms with Gasteiger partial charge in [0.25, 0.3) is 0 Å². The van der Waals surface area contributed by atoms with Gasteiger partial charge in [-0.3, -0.25) is 4.90 Å². The van der Waals surface area contributed by atoms with Crippen molar-refractivity contribution in [1.29, 1.82) is 0 Å². The van der Waals surface area contributed by atoms with Crippen molar-refractivity contribution in [2.75, 3.05) is 19.0 Å². The van der Waals surface area contributed by atoms with Crippen molar-refractivity contribution >= 4 is 22.9 Å². The Morgan fingerprint density at radius 2 is 2.57 bits per heavy atom. The van der Waals surface area contributed by atoms with Crippen LogP contribution in [0.2, 0.25) is 0 Å². The summed E-state index contributed by atoms with van der Waals surface area (Å²) in [7, 11) is 0. The van der Waals surface area contributed by atoms with Crippen LogP contribution in [-0.4, -0.2) is 28.9 Å². The molecule has 4 heteroatoms. The first-order valence-electron chi connectivity index (χ1n) is 5.05. The fraction of sp³-hybridized carbons (Fsp3) is 0.700. The largest absolute Gasteiger partial charge is 0.296 e. The molecule has 0 amide bonds. The van der Waals surface area contributed by atoms with Gasteiger partial charge in [0.2, 0.25) is 0 Å². The van der Waals surface area contributed by atoms with Crippen LogP contribution in [0, 0.1) is 5.92 Å². The van der Waals surface area contributed by atoms with Crippen molar-refractivity contribution in [3.05, 3.63) is 16.6 Å². The van der Waals surface area contributed by atoms with Gasteiger partial charge in [0.15, 0.2) is 0 Å². The Labute approximate surface area is 93.9 Å². The van der Waals surface area contributed by atoms with Crippen molar-refractivity contribution in [2.24, 2.45) is 5.92 Å². The second-order valence-electron chi connectivity index (χ2n) is 3.82. The van der Waals surface area contributed by atoms with Gasteiger partial charge in [-0.2, -0.15) is 0 Å². The average molecular weight is 231 g/mol. The maximum Gasteiger partial charge on any atom is 0.107 e. The van der Waals surface area contributed by atoms with Gasteiger partial charge in [0.05, 0.1) is 6.54 Å². The van der Waals surface area contributed by atoms with E-state index in [0.717, 1.165) is 19.0 Å². The molecular formula is C10H15ClN2S. The molecule has 1 aromatic rings. The number of hydrogen-bond acceptors (Lipinski definition) is 3. The van der Waals surface area contributed by atoms with Gasteiger partial charge in [-0.05, 0) is 25.3 Å². The van der Waals surface area contributed by atoms with E-state index in [1.54, 1.807) is 11.3 Å². The van der Waals surface area contributed by atoms with Gasteiger partial charge < -0.3 is 0 Å². The van der Waals surface area contributed by atoms with E-state index in [4.69, 9.17) is 11.6 Å². The highest BCUT2D eigenvalue weighted by Gasteiger charge is 2.19. The molecule has 1 unspecified atom stereocenters. The molecule has 2 rings (SSSR count). The third-order valence-electron chi connectivity index (χ3n) is 2.66. The van der Waals surface area contributed by atoms with Gasteiger partial charge >= 0.3 is 0 Å². The molecule has 0 N–H and O–H groups in total. The number of aromatic nitrogens is 1. The molecule has 0 radical (unpaired) electrons.